The monoisotopic (exact) mass is 409 g/mol. The van der Waals surface area contributed by atoms with Gasteiger partial charge in [-0.25, -0.2) is 0 Å². The lowest BCUT2D eigenvalue weighted by Crippen LogP contribution is -2.33. The zero-order valence-electron chi connectivity index (χ0n) is 18.1. The summed E-state index contributed by atoms with van der Waals surface area (Å²) in [5.41, 5.74) is 3.82. The smallest absolute Gasteiger partial charge is 0.249 e. The zero-order chi connectivity index (χ0) is 21.5. The first-order valence-corrected chi connectivity index (χ1v) is 10.4. The Balaban J connectivity index is 1.83. The summed E-state index contributed by atoms with van der Waals surface area (Å²) in [4.78, 5) is 28.9. The van der Waals surface area contributed by atoms with E-state index in [-0.39, 0.29) is 24.3 Å². The van der Waals surface area contributed by atoms with Crippen LogP contribution in [0.3, 0.4) is 0 Å². The highest BCUT2D eigenvalue weighted by atomic mass is 16.5. The van der Waals surface area contributed by atoms with E-state index in [1.54, 1.807) is 4.90 Å². The van der Waals surface area contributed by atoms with Crippen molar-refractivity contribution in [1.29, 1.82) is 0 Å². The SMILES string of the molecule is COCC(=O)N(Cc1ccccc1)Cc1cc(NC(=O)C2CCC2)ccc1N(C)C. The number of ether oxygens (including phenoxy) is 1. The van der Waals surface area contributed by atoms with Crippen LogP contribution in [0.1, 0.15) is 30.4 Å². The number of amides is 2. The molecule has 0 saturated heterocycles. The molecule has 0 spiro atoms. The molecule has 1 aliphatic rings. The second kappa shape index (κ2) is 10.3. The van der Waals surface area contributed by atoms with Crippen molar-refractivity contribution in [3.05, 3.63) is 59.7 Å². The quantitative estimate of drug-likeness (QED) is 0.687. The Hall–Kier alpha value is -2.86. The maximum atomic E-state index is 12.7. The molecule has 160 valence electrons. The topological polar surface area (TPSA) is 61.9 Å². The highest BCUT2D eigenvalue weighted by molar-refractivity contribution is 5.93. The van der Waals surface area contributed by atoms with E-state index < -0.39 is 0 Å². The molecule has 0 unspecified atom stereocenters. The fraction of sp³-hybridized carbons (Fsp3) is 0.417. The minimum Gasteiger partial charge on any atom is -0.377 e. The lowest BCUT2D eigenvalue weighted by molar-refractivity contribution is -0.136. The van der Waals surface area contributed by atoms with Crippen molar-refractivity contribution in [2.75, 3.05) is 38.0 Å². The van der Waals surface area contributed by atoms with Gasteiger partial charge in [0.1, 0.15) is 6.61 Å². The average molecular weight is 410 g/mol. The molecule has 0 aromatic heterocycles. The van der Waals surface area contributed by atoms with Crippen LogP contribution in [0.4, 0.5) is 11.4 Å². The van der Waals surface area contributed by atoms with Gasteiger partial charge in [0.2, 0.25) is 11.8 Å². The molecule has 1 N–H and O–H groups in total. The molecule has 0 bridgehead atoms. The van der Waals surface area contributed by atoms with Gasteiger partial charge in [-0.1, -0.05) is 36.8 Å². The molecule has 6 heteroatoms. The summed E-state index contributed by atoms with van der Waals surface area (Å²) in [5.74, 6) is 0.135. The average Bonchev–Trinajstić information content (AvgIpc) is 2.67. The number of carbonyl (C=O) groups excluding carboxylic acids is 2. The molecule has 0 aliphatic heterocycles. The lowest BCUT2D eigenvalue weighted by Gasteiger charge is -2.27. The molecular weight excluding hydrogens is 378 g/mol. The number of rotatable bonds is 9. The normalized spacial score (nSPS) is 13.4. The third-order valence-corrected chi connectivity index (χ3v) is 5.50. The van der Waals surface area contributed by atoms with Gasteiger partial charge in [-0.2, -0.15) is 0 Å². The molecule has 1 saturated carbocycles. The third kappa shape index (κ3) is 5.60. The molecule has 1 fully saturated rings. The fourth-order valence-electron chi connectivity index (χ4n) is 3.60. The van der Waals surface area contributed by atoms with Gasteiger partial charge in [0.25, 0.3) is 0 Å². The van der Waals surface area contributed by atoms with Crippen molar-refractivity contribution in [2.45, 2.75) is 32.4 Å². The molecule has 0 heterocycles. The predicted molar refractivity (Wildman–Crippen MR) is 119 cm³/mol. The summed E-state index contributed by atoms with van der Waals surface area (Å²) in [6.45, 7) is 0.953. The van der Waals surface area contributed by atoms with E-state index in [2.05, 4.69) is 5.32 Å². The molecule has 1 aliphatic carbocycles. The van der Waals surface area contributed by atoms with Crippen molar-refractivity contribution in [1.82, 2.24) is 4.90 Å². The number of hydrogen-bond acceptors (Lipinski definition) is 4. The molecule has 0 atom stereocenters. The summed E-state index contributed by atoms with van der Waals surface area (Å²) in [5, 5.41) is 3.04. The van der Waals surface area contributed by atoms with Gasteiger partial charge in [0.15, 0.2) is 0 Å². The van der Waals surface area contributed by atoms with Crippen molar-refractivity contribution in [3.63, 3.8) is 0 Å². The minimum absolute atomic E-state index is 0.0300. The van der Waals surface area contributed by atoms with Crippen LogP contribution < -0.4 is 10.2 Å². The Morgan fingerprint density at radius 3 is 2.40 bits per heavy atom. The molecular formula is C24H31N3O3. The first-order valence-electron chi connectivity index (χ1n) is 10.4. The Labute approximate surface area is 178 Å². The standard InChI is InChI=1S/C24H31N3O3/c1-26(2)22-13-12-21(25-24(29)19-10-7-11-19)14-20(22)16-27(23(28)17-30-3)15-18-8-5-4-6-9-18/h4-6,8-9,12-14,19H,7,10-11,15-17H2,1-3H3,(H,25,29). The number of nitrogens with zero attached hydrogens (tertiary/aromatic N) is 2. The molecule has 30 heavy (non-hydrogen) atoms. The van der Waals surface area contributed by atoms with Crippen LogP contribution in [0.15, 0.2) is 48.5 Å². The number of benzene rings is 2. The number of methoxy groups -OCH3 is 1. The second-order valence-corrected chi connectivity index (χ2v) is 8.02. The number of hydrogen-bond donors (Lipinski definition) is 1. The highest BCUT2D eigenvalue weighted by Gasteiger charge is 2.25. The maximum Gasteiger partial charge on any atom is 0.249 e. The van der Waals surface area contributed by atoms with Gasteiger partial charge < -0.3 is 19.9 Å². The predicted octanol–water partition coefficient (Wildman–Crippen LogP) is 3.67. The van der Waals surface area contributed by atoms with Gasteiger partial charge in [-0.15, -0.1) is 0 Å². The van der Waals surface area contributed by atoms with Crippen molar-refractivity contribution >= 4 is 23.2 Å². The Bertz CT molecular complexity index is 863. The van der Waals surface area contributed by atoms with Gasteiger partial charge in [0.05, 0.1) is 0 Å². The van der Waals surface area contributed by atoms with Crippen molar-refractivity contribution in [3.8, 4) is 0 Å². The van der Waals surface area contributed by atoms with E-state index in [0.29, 0.717) is 13.1 Å². The summed E-state index contributed by atoms with van der Waals surface area (Å²) >= 11 is 0. The fourth-order valence-corrected chi connectivity index (χ4v) is 3.60. The van der Waals surface area contributed by atoms with Crippen LogP contribution in [-0.4, -0.2) is 44.5 Å². The van der Waals surface area contributed by atoms with Crippen LogP contribution in [0.25, 0.3) is 0 Å². The Morgan fingerprint density at radius 2 is 1.80 bits per heavy atom. The van der Waals surface area contributed by atoms with Gasteiger partial charge in [-0.05, 0) is 42.2 Å². The second-order valence-electron chi connectivity index (χ2n) is 8.02. The lowest BCUT2D eigenvalue weighted by atomic mass is 9.85. The largest absolute Gasteiger partial charge is 0.377 e. The van der Waals surface area contributed by atoms with Crippen LogP contribution >= 0.6 is 0 Å². The minimum atomic E-state index is -0.0741. The molecule has 2 aromatic rings. The van der Waals surface area contributed by atoms with Gasteiger partial charge >= 0.3 is 0 Å². The third-order valence-electron chi connectivity index (χ3n) is 5.50. The van der Waals surface area contributed by atoms with Crippen LogP contribution in [-0.2, 0) is 27.4 Å². The number of carbonyl (C=O) groups is 2. The summed E-state index contributed by atoms with van der Waals surface area (Å²) < 4.78 is 5.10. The molecule has 2 aromatic carbocycles. The highest BCUT2D eigenvalue weighted by Crippen LogP contribution is 2.29. The summed E-state index contributed by atoms with van der Waals surface area (Å²) in [6, 6.07) is 15.8. The zero-order valence-corrected chi connectivity index (χ0v) is 18.1. The summed E-state index contributed by atoms with van der Waals surface area (Å²) in [7, 11) is 5.48. The van der Waals surface area contributed by atoms with Gasteiger partial charge in [-0.3, -0.25) is 9.59 Å². The Kier molecular flexibility index (Phi) is 7.46. The first-order chi connectivity index (χ1) is 14.5. The van der Waals surface area contributed by atoms with Crippen LogP contribution in [0, 0.1) is 5.92 Å². The van der Waals surface area contributed by atoms with E-state index in [9.17, 15) is 9.59 Å². The van der Waals surface area contributed by atoms with E-state index >= 15 is 0 Å². The maximum absolute atomic E-state index is 12.7. The molecule has 3 rings (SSSR count). The summed E-state index contributed by atoms with van der Waals surface area (Å²) in [6.07, 6.45) is 3.05. The van der Waals surface area contributed by atoms with Crippen molar-refractivity contribution < 1.29 is 14.3 Å². The molecule has 6 nitrogen and oxygen atoms in total. The van der Waals surface area contributed by atoms with E-state index in [4.69, 9.17) is 4.74 Å². The van der Waals surface area contributed by atoms with E-state index in [0.717, 1.165) is 41.8 Å². The van der Waals surface area contributed by atoms with E-state index in [1.807, 2.05) is 67.5 Å². The molecule has 2 amide bonds. The van der Waals surface area contributed by atoms with Crippen LogP contribution in [0.2, 0.25) is 0 Å². The Morgan fingerprint density at radius 1 is 1.07 bits per heavy atom. The van der Waals surface area contributed by atoms with E-state index in [1.165, 1.54) is 7.11 Å². The van der Waals surface area contributed by atoms with Gasteiger partial charge in [0, 0.05) is 51.6 Å². The first kappa shape index (κ1) is 21.8. The molecule has 0 radical (unpaired) electrons. The number of anilines is 2. The van der Waals surface area contributed by atoms with Crippen molar-refractivity contribution in [2.24, 2.45) is 5.92 Å². The van der Waals surface area contributed by atoms with Crippen LogP contribution in [0.5, 0.6) is 0 Å². The number of nitrogens with one attached hydrogen (secondary N) is 1.